The molecule has 0 saturated carbocycles. The van der Waals surface area contributed by atoms with Crippen LogP contribution in [0.3, 0.4) is 0 Å². The molecule has 1 fully saturated rings. The molecule has 1 heterocycles. The molecule has 0 aromatic heterocycles. The third kappa shape index (κ3) is 3.89. The maximum absolute atomic E-state index is 12.5. The van der Waals surface area contributed by atoms with Crippen LogP contribution < -0.4 is 9.62 Å². The van der Waals surface area contributed by atoms with Crippen molar-refractivity contribution in [2.75, 3.05) is 35.9 Å². The van der Waals surface area contributed by atoms with Crippen LogP contribution in [0, 0.1) is 10.1 Å². The zero-order valence-corrected chi connectivity index (χ0v) is 14.1. The van der Waals surface area contributed by atoms with Crippen molar-refractivity contribution in [3.05, 3.63) is 58.6 Å². The van der Waals surface area contributed by atoms with Crippen LogP contribution in [-0.4, -0.2) is 39.6 Å². The van der Waals surface area contributed by atoms with Gasteiger partial charge in [-0.3, -0.25) is 14.8 Å². The van der Waals surface area contributed by atoms with Crippen LogP contribution in [0.1, 0.15) is 0 Å². The summed E-state index contributed by atoms with van der Waals surface area (Å²) in [4.78, 5) is 12.1. The first-order chi connectivity index (χ1) is 12.0. The van der Waals surface area contributed by atoms with Gasteiger partial charge >= 0.3 is 0 Å². The number of ether oxygens (including phenoxy) is 1. The van der Waals surface area contributed by atoms with Crippen molar-refractivity contribution in [3.8, 4) is 0 Å². The topological polar surface area (TPSA) is 102 Å². The lowest BCUT2D eigenvalue weighted by molar-refractivity contribution is -0.387. The van der Waals surface area contributed by atoms with Gasteiger partial charge in [-0.2, -0.15) is 0 Å². The van der Waals surface area contributed by atoms with Crippen molar-refractivity contribution >= 4 is 27.1 Å². The predicted octanol–water partition coefficient (Wildman–Crippen LogP) is 2.23. The highest BCUT2D eigenvalue weighted by molar-refractivity contribution is 7.92. The number of hydrogen-bond acceptors (Lipinski definition) is 6. The number of nitrogens with zero attached hydrogens (tertiary/aromatic N) is 2. The van der Waals surface area contributed by atoms with Crippen molar-refractivity contribution in [1.29, 1.82) is 0 Å². The van der Waals surface area contributed by atoms with Crippen molar-refractivity contribution in [2.24, 2.45) is 0 Å². The van der Waals surface area contributed by atoms with E-state index in [0.29, 0.717) is 18.9 Å². The first-order valence-electron chi connectivity index (χ1n) is 7.66. The van der Waals surface area contributed by atoms with E-state index in [9.17, 15) is 18.5 Å². The number of nitro groups is 1. The molecule has 8 nitrogen and oxygen atoms in total. The zero-order chi connectivity index (χ0) is 17.9. The van der Waals surface area contributed by atoms with Gasteiger partial charge in [0.15, 0.2) is 4.90 Å². The van der Waals surface area contributed by atoms with Crippen LogP contribution in [0.2, 0.25) is 0 Å². The quantitative estimate of drug-likeness (QED) is 0.646. The Bertz CT molecular complexity index is 862. The van der Waals surface area contributed by atoms with Crippen molar-refractivity contribution in [2.45, 2.75) is 4.90 Å². The molecule has 0 aliphatic carbocycles. The average molecular weight is 363 g/mol. The number of sulfonamides is 1. The summed E-state index contributed by atoms with van der Waals surface area (Å²) in [5, 5.41) is 11.0. The molecule has 25 heavy (non-hydrogen) atoms. The van der Waals surface area contributed by atoms with E-state index in [-0.39, 0.29) is 4.90 Å². The summed E-state index contributed by atoms with van der Waals surface area (Å²) in [6.45, 7) is 2.88. The summed E-state index contributed by atoms with van der Waals surface area (Å²) in [5.74, 6) is 0. The largest absolute Gasteiger partial charge is 0.378 e. The van der Waals surface area contributed by atoms with Gasteiger partial charge in [0.1, 0.15) is 0 Å². The second kappa shape index (κ2) is 7.08. The number of rotatable bonds is 5. The molecule has 0 amide bonds. The van der Waals surface area contributed by atoms with Crippen molar-refractivity contribution in [3.63, 3.8) is 0 Å². The average Bonchev–Trinajstić information content (AvgIpc) is 2.63. The third-order valence-electron chi connectivity index (χ3n) is 3.85. The van der Waals surface area contributed by atoms with Gasteiger partial charge in [-0.05, 0) is 30.3 Å². The highest BCUT2D eigenvalue weighted by atomic mass is 32.2. The fourth-order valence-corrected chi connectivity index (χ4v) is 3.84. The van der Waals surface area contributed by atoms with Gasteiger partial charge in [0.2, 0.25) is 0 Å². The molecular weight excluding hydrogens is 346 g/mol. The number of benzene rings is 2. The molecule has 9 heteroatoms. The predicted molar refractivity (Wildman–Crippen MR) is 93.4 cm³/mol. The van der Waals surface area contributed by atoms with Crippen LogP contribution in [0.4, 0.5) is 17.1 Å². The van der Waals surface area contributed by atoms with Crippen molar-refractivity contribution < 1.29 is 18.1 Å². The van der Waals surface area contributed by atoms with Gasteiger partial charge in [-0.1, -0.05) is 12.1 Å². The highest BCUT2D eigenvalue weighted by Crippen LogP contribution is 2.26. The Balaban J connectivity index is 1.80. The lowest BCUT2D eigenvalue weighted by Crippen LogP contribution is -2.36. The molecule has 0 bridgehead atoms. The maximum Gasteiger partial charge on any atom is 0.289 e. The standard InChI is InChI=1S/C16H17N3O5S/c20-19(21)15-3-1-2-4-16(15)25(22,23)17-13-5-7-14(8-6-13)18-9-11-24-12-10-18/h1-8,17H,9-12H2. The van der Waals surface area contributed by atoms with Gasteiger partial charge in [-0.25, -0.2) is 8.42 Å². The van der Waals surface area contributed by atoms with Crippen LogP contribution in [0.25, 0.3) is 0 Å². The van der Waals surface area contributed by atoms with Crippen LogP contribution in [-0.2, 0) is 14.8 Å². The molecule has 0 spiro atoms. The summed E-state index contributed by atoms with van der Waals surface area (Å²) in [7, 11) is -4.05. The number of morpholine rings is 1. The van der Waals surface area contributed by atoms with E-state index >= 15 is 0 Å². The normalized spacial score (nSPS) is 15.0. The number of nitro benzene ring substituents is 1. The Hall–Kier alpha value is -2.65. The molecule has 1 aliphatic rings. The molecule has 1 saturated heterocycles. The van der Waals surface area contributed by atoms with Gasteiger partial charge in [0.25, 0.3) is 15.7 Å². The summed E-state index contributed by atoms with van der Waals surface area (Å²) in [5.41, 5.74) is 0.854. The highest BCUT2D eigenvalue weighted by Gasteiger charge is 2.25. The van der Waals surface area contributed by atoms with Crippen LogP contribution in [0.15, 0.2) is 53.4 Å². The van der Waals surface area contributed by atoms with Gasteiger partial charge in [-0.15, -0.1) is 0 Å². The Morgan fingerprint density at radius 1 is 1.04 bits per heavy atom. The van der Waals surface area contributed by atoms with Crippen LogP contribution in [0.5, 0.6) is 0 Å². The number of nitrogens with one attached hydrogen (secondary N) is 1. The Kier molecular flexibility index (Phi) is 4.86. The summed E-state index contributed by atoms with van der Waals surface area (Å²) in [6, 6.07) is 12.1. The third-order valence-corrected chi connectivity index (χ3v) is 5.28. The lowest BCUT2D eigenvalue weighted by atomic mass is 10.2. The van der Waals surface area contributed by atoms with Crippen molar-refractivity contribution in [1.82, 2.24) is 0 Å². The Morgan fingerprint density at radius 2 is 1.68 bits per heavy atom. The van der Waals surface area contributed by atoms with E-state index in [1.54, 1.807) is 12.1 Å². The zero-order valence-electron chi connectivity index (χ0n) is 13.3. The SMILES string of the molecule is O=[N+]([O-])c1ccccc1S(=O)(=O)Nc1ccc(N2CCOCC2)cc1. The van der Waals surface area contributed by atoms with E-state index in [4.69, 9.17) is 4.74 Å². The Morgan fingerprint density at radius 3 is 2.32 bits per heavy atom. The minimum atomic E-state index is -4.05. The molecule has 132 valence electrons. The summed E-state index contributed by atoms with van der Waals surface area (Å²) in [6.07, 6.45) is 0. The molecule has 2 aromatic carbocycles. The second-order valence-corrected chi connectivity index (χ2v) is 7.13. The number of anilines is 2. The monoisotopic (exact) mass is 363 g/mol. The molecule has 1 aliphatic heterocycles. The second-order valence-electron chi connectivity index (χ2n) is 5.48. The molecule has 0 radical (unpaired) electrons. The van der Waals surface area contributed by atoms with E-state index in [0.717, 1.165) is 24.8 Å². The molecule has 0 atom stereocenters. The molecular formula is C16H17N3O5S. The molecule has 3 rings (SSSR count). The van der Waals surface area contributed by atoms with E-state index in [2.05, 4.69) is 9.62 Å². The number of para-hydroxylation sites is 1. The maximum atomic E-state index is 12.5. The van der Waals surface area contributed by atoms with E-state index in [1.165, 1.54) is 18.2 Å². The fraction of sp³-hybridized carbons (Fsp3) is 0.250. The first kappa shape index (κ1) is 17.2. The molecule has 2 aromatic rings. The molecule has 0 unspecified atom stereocenters. The minimum Gasteiger partial charge on any atom is -0.378 e. The summed E-state index contributed by atoms with van der Waals surface area (Å²) < 4.78 is 32.6. The fourth-order valence-electron chi connectivity index (χ4n) is 2.61. The van der Waals surface area contributed by atoms with E-state index < -0.39 is 20.6 Å². The summed E-state index contributed by atoms with van der Waals surface area (Å²) >= 11 is 0. The smallest absolute Gasteiger partial charge is 0.289 e. The van der Waals surface area contributed by atoms with Gasteiger partial charge in [0, 0.05) is 30.5 Å². The minimum absolute atomic E-state index is 0.343. The van der Waals surface area contributed by atoms with Gasteiger partial charge in [0.05, 0.1) is 18.1 Å². The first-order valence-corrected chi connectivity index (χ1v) is 9.15. The Labute approximate surface area is 145 Å². The van der Waals surface area contributed by atoms with Gasteiger partial charge < -0.3 is 9.64 Å². The van der Waals surface area contributed by atoms with E-state index in [1.807, 2.05) is 12.1 Å². The van der Waals surface area contributed by atoms with Crippen LogP contribution >= 0.6 is 0 Å². The number of hydrogen-bond donors (Lipinski definition) is 1. The lowest BCUT2D eigenvalue weighted by Gasteiger charge is -2.28. The molecule has 1 N–H and O–H groups in total.